The van der Waals surface area contributed by atoms with Crippen molar-refractivity contribution in [1.82, 2.24) is 9.55 Å². The minimum Gasteiger partial charge on any atom is -0.481 e. The number of carbonyl (C=O) groups is 2. The summed E-state index contributed by atoms with van der Waals surface area (Å²) in [6.45, 7) is 4.18. The number of anilines is 1. The molecule has 26 heavy (non-hydrogen) atoms. The maximum absolute atomic E-state index is 12.5. The Kier molecular flexibility index (Phi) is 5.21. The molecule has 2 aromatic rings. The summed E-state index contributed by atoms with van der Waals surface area (Å²) in [5, 5.41) is 12.2. The molecule has 0 spiro atoms. The highest BCUT2D eigenvalue weighted by Gasteiger charge is 2.33. The van der Waals surface area contributed by atoms with Crippen molar-refractivity contribution in [1.29, 1.82) is 0 Å². The molecule has 1 aromatic carbocycles. The first-order valence-electron chi connectivity index (χ1n) is 8.79. The largest absolute Gasteiger partial charge is 0.481 e. The topological polar surface area (TPSA) is 84.2 Å². The monoisotopic (exact) mass is 353 g/mol. The maximum atomic E-state index is 12.5. The Hall–Kier alpha value is -2.89. The van der Waals surface area contributed by atoms with E-state index in [1.165, 1.54) is 0 Å². The molecular weight excluding hydrogens is 330 g/mol. The van der Waals surface area contributed by atoms with E-state index in [2.05, 4.69) is 24.1 Å². The first-order chi connectivity index (χ1) is 12.5. The van der Waals surface area contributed by atoms with Gasteiger partial charge >= 0.3 is 5.97 Å². The number of rotatable bonds is 5. The fraction of sp³-hybridized carbons (Fsp3) is 0.350. The quantitative estimate of drug-likeness (QED) is 0.805. The summed E-state index contributed by atoms with van der Waals surface area (Å²) in [6.07, 6.45) is 8.23. The van der Waals surface area contributed by atoms with Gasteiger partial charge in [-0.25, -0.2) is 4.98 Å². The lowest BCUT2D eigenvalue weighted by Gasteiger charge is -2.24. The summed E-state index contributed by atoms with van der Waals surface area (Å²) in [4.78, 5) is 28.3. The highest BCUT2D eigenvalue weighted by molar-refractivity contribution is 5.95. The lowest BCUT2D eigenvalue weighted by Crippen LogP contribution is -2.34. The number of imidazole rings is 1. The molecule has 3 rings (SSSR count). The van der Waals surface area contributed by atoms with Gasteiger partial charge in [-0.1, -0.05) is 26.0 Å². The van der Waals surface area contributed by atoms with Crippen LogP contribution in [0.25, 0.3) is 5.69 Å². The van der Waals surface area contributed by atoms with Gasteiger partial charge in [-0.2, -0.15) is 0 Å². The molecular formula is C20H23N3O3. The number of nitrogens with one attached hydrogen (secondary N) is 1. The summed E-state index contributed by atoms with van der Waals surface area (Å²) in [5.41, 5.74) is 1.62. The number of allylic oxidation sites excluding steroid dienone is 2. The Morgan fingerprint density at radius 3 is 2.42 bits per heavy atom. The molecule has 6 nitrogen and oxygen atoms in total. The van der Waals surface area contributed by atoms with Crippen LogP contribution in [0.5, 0.6) is 0 Å². The van der Waals surface area contributed by atoms with Crippen LogP contribution < -0.4 is 5.32 Å². The van der Waals surface area contributed by atoms with Gasteiger partial charge in [-0.15, -0.1) is 0 Å². The number of carbonyl (C=O) groups excluding carboxylic acids is 1. The molecule has 1 aromatic heterocycles. The number of carboxylic acids is 1. The molecule has 136 valence electrons. The predicted octanol–water partition coefficient (Wildman–Crippen LogP) is 3.60. The Morgan fingerprint density at radius 2 is 1.81 bits per heavy atom. The van der Waals surface area contributed by atoms with Crippen LogP contribution in [-0.4, -0.2) is 26.5 Å². The van der Waals surface area contributed by atoms with Gasteiger partial charge in [-0.05, 0) is 37.1 Å². The molecule has 2 atom stereocenters. The number of aromatic nitrogens is 2. The second-order valence-corrected chi connectivity index (χ2v) is 6.84. The third-order valence-corrected chi connectivity index (χ3v) is 4.69. The first-order valence-corrected chi connectivity index (χ1v) is 8.79. The molecule has 1 heterocycles. The number of amides is 1. The van der Waals surface area contributed by atoms with Crippen molar-refractivity contribution in [3.63, 3.8) is 0 Å². The van der Waals surface area contributed by atoms with Gasteiger partial charge in [-0.3, -0.25) is 9.59 Å². The van der Waals surface area contributed by atoms with Crippen LogP contribution in [0.4, 0.5) is 5.69 Å². The number of hydrogen-bond donors (Lipinski definition) is 2. The maximum Gasteiger partial charge on any atom is 0.307 e. The van der Waals surface area contributed by atoms with Crippen LogP contribution in [0.1, 0.15) is 38.4 Å². The summed E-state index contributed by atoms with van der Waals surface area (Å²) in [5.74, 6) is -1.11. The zero-order valence-corrected chi connectivity index (χ0v) is 14.9. The van der Waals surface area contributed by atoms with E-state index in [1.54, 1.807) is 6.20 Å². The molecule has 0 unspecified atom stereocenters. The predicted molar refractivity (Wildman–Crippen MR) is 99.3 cm³/mol. The molecule has 1 amide bonds. The highest BCUT2D eigenvalue weighted by atomic mass is 16.4. The Morgan fingerprint density at radius 1 is 1.15 bits per heavy atom. The van der Waals surface area contributed by atoms with Crippen molar-refractivity contribution in [2.45, 2.75) is 32.6 Å². The average Bonchev–Trinajstić information content (AvgIpc) is 3.12. The normalized spacial score (nSPS) is 19.5. The Balaban J connectivity index is 1.73. The van der Waals surface area contributed by atoms with Gasteiger partial charge in [0.05, 0.1) is 11.8 Å². The molecule has 1 aliphatic carbocycles. The van der Waals surface area contributed by atoms with Crippen LogP contribution in [-0.2, 0) is 9.59 Å². The van der Waals surface area contributed by atoms with Crippen molar-refractivity contribution < 1.29 is 14.7 Å². The molecule has 1 aliphatic rings. The Labute approximate surface area is 152 Å². The fourth-order valence-electron chi connectivity index (χ4n) is 3.28. The van der Waals surface area contributed by atoms with Crippen molar-refractivity contribution in [3.8, 4) is 5.69 Å². The lowest BCUT2D eigenvalue weighted by atomic mass is 9.82. The van der Waals surface area contributed by atoms with Gasteiger partial charge < -0.3 is 15.0 Å². The third kappa shape index (κ3) is 3.69. The van der Waals surface area contributed by atoms with Gasteiger partial charge in [0, 0.05) is 29.7 Å². The van der Waals surface area contributed by atoms with Crippen molar-refractivity contribution in [3.05, 3.63) is 54.6 Å². The van der Waals surface area contributed by atoms with E-state index >= 15 is 0 Å². The number of aliphatic carboxylic acids is 1. The average molecular weight is 353 g/mol. The lowest BCUT2D eigenvalue weighted by molar-refractivity contribution is -0.146. The van der Waals surface area contributed by atoms with Crippen molar-refractivity contribution >= 4 is 17.6 Å². The smallest absolute Gasteiger partial charge is 0.307 e. The molecule has 0 fully saturated rings. The fourth-order valence-corrected chi connectivity index (χ4v) is 3.28. The number of nitrogens with zero attached hydrogens (tertiary/aromatic N) is 2. The zero-order chi connectivity index (χ0) is 18.7. The number of benzene rings is 1. The van der Waals surface area contributed by atoms with Crippen molar-refractivity contribution in [2.24, 2.45) is 11.8 Å². The summed E-state index contributed by atoms with van der Waals surface area (Å²) >= 11 is 0. The van der Waals surface area contributed by atoms with E-state index in [0.29, 0.717) is 24.4 Å². The standard InChI is InChI=1S/C20H23N3O3/c1-13(2)18-21-11-12-23(18)15-9-7-14(8-10-15)22-19(24)16-5-3-4-6-17(16)20(25)26/h3-4,7-13,16-17H,5-6H2,1-2H3,(H,22,24)(H,25,26)/t16-,17-/m1/s1. The van der Waals surface area contributed by atoms with E-state index in [4.69, 9.17) is 0 Å². The van der Waals surface area contributed by atoms with Crippen LogP contribution in [0.3, 0.4) is 0 Å². The number of hydrogen-bond acceptors (Lipinski definition) is 3. The summed E-state index contributed by atoms with van der Waals surface area (Å²) < 4.78 is 2.02. The van der Waals surface area contributed by atoms with E-state index in [9.17, 15) is 14.7 Å². The van der Waals surface area contributed by atoms with Crippen molar-refractivity contribution in [2.75, 3.05) is 5.32 Å². The van der Waals surface area contributed by atoms with E-state index < -0.39 is 17.8 Å². The molecule has 0 aliphatic heterocycles. The summed E-state index contributed by atoms with van der Waals surface area (Å²) in [6, 6.07) is 7.48. The van der Waals surface area contributed by atoms with Gasteiger partial charge in [0.2, 0.25) is 5.91 Å². The molecule has 0 bridgehead atoms. The molecule has 0 radical (unpaired) electrons. The van der Waals surface area contributed by atoms with E-state index in [0.717, 1.165) is 11.5 Å². The SMILES string of the molecule is CC(C)c1nccn1-c1ccc(NC(=O)[C@@H]2CC=CC[C@H]2C(=O)O)cc1. The summed E-state index contributed by atoms with van der Waals surface area (Å²) in [7, 11) is 0. The molecule has 0 saturated heterocycles. The third-order valence-electron chi connectivity index (χ3n) is 4.69. The zero-order valence-electron chi connectivity index (χ0n) is 14.9. The van der Waals surface area contributed by atoms with E-state index in [1.807, 2.05) is 47.2 Å². The Bertz CT molecular complexity index is 821. The molecule has 2 N–H and O–H groups in total. The molecule has 0 saturated carbocycles. The second kappa shape index (κ2) is 7.56. The van der Waals surface area contributed by atoms with Crippen LogP contribution in [0.2, 0.25) is 0 Å². The van der Waals surface area contributed by atoms with E-state index in [-0.39, 0.29) is 5.91 Å². The van der Waals surface area contributed by atoms with Crippen LogP contribution in [0.15, 0.2) is 48.8 Å². The highest BCUT2D eigenvalue weighted by Crippen LogP contribution is 2.27. The van der Waals surface area contributed by atoms with Crippen LogP contribution in [0, 0.1) is 11.8 Å². The number of carboxylic acid groups (broad SMARTS) is 1. The first kappa shape index (κ1) is 17.9. The van der Waals surface area contributed by atoms with Gasteiger partial charge in [0.15, 0.2) is 0 Å². The van der Waals surface area contributed by atoms with Gasteiger partial charge in [0.25, 0.3) is 0 Å². The molecule has 6 heteroatoms. The second-order valence-electron chi connectivity index (χ2n) is 6.84. The van der Waals surface area contributed by atoms with Crippen LogP contribution >= 0.6 is 0 Å². The minimum absolute atomic E-state index is 0.250. The minimum atomic E-state index is -0.925. The van der Waals surface area contributed by atoms with Gasteiger partial charge in [0.1, 0.15) is 5.82 Å².